The minimum Gasteiger partial charge on any atom is -0.342 e. The molecule has 1 aromatic carbocycles. The predicted octanol–water partition coefficient (Wildman–Crippen LogP) is 4.19. The summed E-state index contributed by atoms with van der Waals surface area (Å²) in [5.41, 5.74) is -1.93. The van der Waals surface area contributed by atoms with Gasteiger partial charge in [0.25, 0.3) is 11.9 Å². The average Bonchev–Trinajstić information content (AvgIpc) is 3.48. The summed E-state index contributed by atoms with van der Waals surface area (Å²) < 4.78 is 42.4. The highest BCUT2D eigenvalue weighted by molar-refractivity contribution is 9.10. The van der Waals surface area contributed by atoms with Gasteiger partial charge < -0.3 is 5.32 Å². The Balaban J connectivity index is 1.65. The molecule has 1 fully saturated rings. The standard InChI is InChI=1S/C21H17BrF3N7O/c1-11(17-30-12(2)31-32(17)19-27-8-16(22)9-28-19)29-18(33)13-5-14(20(10-26)3-4-20)7-15(6-13)21(23,24)25/h5-9,11H,3-4H2,1-2H3,(H,29,33). The van der Waals surface area contributed by atoms with Crippen LogP contribution in [0.25, 0.3) is 5.95 Å². The fourth-order valence-electron chi connectivity index (χ4n) is 3.41. The van der Waals surface area contributed by atoms with E-state index in [4.69, 9.17) is 0 Å². The maximum absolute atomic E-state index is 13.5. The monoisotopic (exact) mass is 519 g/mol. The fraction of sp³-hybridized carbons (Fsp3) is 0.333. The van der Waals surface area contributed by atoms with E-state index in [2.05, 4.69) is 47.4 Å². The first kappa shape index (κ1) is 22.8. The first-order valence-electron chi connectivity index (χ1n) is 9.89. The summed E-state index contributed by atoms with van der Waals surface area (Å²) in [6.07, 6.45) is -0.688. The van der Waals surface area contributed by atoms with Crippen molar-refractivity contribution in [3.8, 4) is 12.0 Å². The number of rotatable bonds is 5. The zero-order valence-electron chi connectivity index (χ0n) is 17.5. The SMILES string of the molecule is Cc1nc(C(C)NC(=O)c2cc(C(F)(F)F)cc(C3(C#N)CC3)c2)n(-c2ncc(Br)cn2)n1. The Bertz CT molecular complexity index is 1260. The predicted molar refractivity (Wildman–Crippen MR) is 113 cm³/mol. The van der Waals surface area contributed by atoms with Crippen LogP contribution < -0.4 is 5.32 Å². The first-order valence-corrected chi connectivity index (χ1v) is 10.7. The Morgan fingerprint density at radius 1 is 1.27 bits per heavy atom. The second kappa shape index (κ2) is 8.22. The van der Waals surface area contributed by atoms with E-state index in [1.165, 1.54) is 23.1 Å². The lowest BCUT2D eigenvalue weighted by atomic mass is 9.93. The highest BCUT2D eigenvalue weighted by Crippen LogP contribution is 2.48. The van der Waals surface area contributed by atoms with E-state index < -0.39 is 29.1 Å². The number of hydrogen-bond acceptors (Lipinski definition) is 6. The van der Waals surface area contributed by atoms with Crippen LogP contribution in [0.15, 0.2) is 35.1 Å². The van der Waals surface area contributed by atoms with Gasteiger partial charge in [0.2, 0.25) is 0 Å². The third-order valence-corrected chi connectivity index (χ3v) is 5.72. The van der Waals surface area contributed by atoms with Gasteiger partial charge in [0, 0.05) is 18.0 Å². The van der Waals surface area contributed by atoms with Gasteiger partial charge in [0.1, 0.15) is 5.82 Å². The molecule has 4 rings (SSSR count). The van der Waals surface area contributed by atoms with Crippen molar-refractivity contribution in [2.24, 2.45) is 0 Å². The summed E-state index contributed by atoms with van der Waals surface area (Å²) in [4.78, 5) is 25.6. The van der Waals surface area contributed by atoms with Gasteiger partial charge in [-0.05, 0) is 66.4 Å². The number of aryl methyl sites for hydroxylation is 1. The molecule has 170 valence electrons. The summed E-state index contributed by atoms with van der Waals surface area (Å²) in [5.74, 6) is 0.211. The molecule has 2 aromatic heterocycles. The molecule has 2 heterocycles. The van der Waals surface area contributed by atoms with Gasteiger partial charge in [-0.15, -0.1) is 5.10 Å². The van der Waals surface area contributed by atoms with E-state index in [1.54, 1.807) is 13.8 Å². The molecule has 8 nitrogen and oxygen atoms in total. The molecule has 33 heavy (non-hydrogen) atoms. The Morgan fingerprint density at radius 2 is 1.94 bits per heavy atom. The van der Waals surface area contributed by atoms with E-state index in [0.29, 0.717) is 29.0 Å². The van der Waals surface area contributed by atoms with Crippen molar-refractivity contribution in [1.82, 2.24) is 30.0 Å². The van der Waals surface area contributed by atoms with Crippen LogP contribution in [-0.4, -0.2) is 30.6 Å². The highest BCUT2D eigenvalue weighted by Gasteiger charge is 2.46. The first-order chi connectivity index (χ1) is 15.5. The second-order valence-corrected chi connectivity index (χ2v) is 8.73. The van der Waals surface area contributed by atoms with Crippen LogP contribution in [0.1, 0.15) is 58.9 Å². The number of carbonyl (C=O) groups excluding carboxylic acids is 1. The van der Waals surface area contributed by atoms with E-state index in [0.717, 1.165) is 12.1 Å². The topological polar surface area (TPSA) is 109 Å². The molecule has 1 atom stereocenters. The number of nitrogens with zero attached hydrogens (tertiary/aromatic N) is 6. The van der Waals surface area contributed by atoms with E-state index in [9.17, 15) is 23.2 Å². The quantitative estimate of drug-likeness (QED) is 0.541. The van der Waals surface area contributed by atoms with E-state index >= 15 is 0 Å². The third kappa shape index (κ3) is 4.59. The van der Waals surface area contributed by atoms with Gasteiger partial charge in [-0.1, -0.05) is 0 Å². The highest BCUT2D eigenvalue weighted by atomic mass is 79.9. The van der Waals surface area contributed by atoms with Crippen molar-refractivity contribution >= 4 is 21.8 Å². The molecule has 1 aliphatic rings. The van der Waals surface area contributed by atoms with Gasteiger partial charge >= 0.3 is 6.18 Å². The third-order valence-electron chi connectivity index (χ3n) is 5.31. The van der Waals surface area contributed by atoms with Crippen LogP contribution >= 0.6 is 15.9 Å². The van der Waals surface area contributed by atoms with Crippen molar-refractivity contribution in [2.45, 2.75) is 44.3 Å². The Labute approximate surface area is 195 Å². The van der Waals surface area contributed by atoms with Crippen molar-refractivity contribution in [3.63, 3.8) is 0 Å². The normalized spacial score (nSPS) is 15.5. The average molecular weight is 520 g/mol. The molecular weight excluding hydrogens is 503 g/mol. The number of alkyl halides is 3. The lowest BCUT2D eigenvalue weighted by Gasteiger charge is -2.17. The molecule has 0 saturated heterocycles. The summed E-state index contributed by atoms with van der Waals surface area (Å²) in [5, 5.41) is 16.3. The van der Waals surface area contributed by atoms with Crippen molar-refractivity contribution in [2.75, 3.05) is 0 Å². The van der Waals surface area contributed by atoms with Gasteiger partial charge in [0.15, 0.2) is 5.82 Å². The van der Waals surface area contributed by atoms with Crippen LogP contribution in [-0.2, 0) is 11.6 Å². The van der Waals surface area contributed by atoms with Crippen LogP contribution in [0.2, 0.25) is 0 Å². The van der Waals surface area contributed by atoms with Crippen molar-refractivity contribution < 1.29 is 18.0 Å². The minimum absolute atomic E-state index is 0.184. The van der Waals surface area contributed by atoms with Crippen LogP contribution in [0.3, 0.4) is 0 Å². The smallest absolute Gasteiger partial charge is 0.342 e. The molecule has 1 N–H and O–H groups in total. The van der Waals surface area contributed by atoms with E-state index in [1.807, 2.05) is 0 Å². The van der Waals surface area contributed by atoms with Gasteiger partial charge in [0.05, 0.1) is 27.6 Å². The van der Waals surface area contributed by atoms with Crippen LogP contribution in [0.4, 0.5) is 13.2 Å². The number of nitrogens with one attached hydrogen (secondary N) is 1. The number of amides is 1. The molecule has 12 heteroatoms. The number of benzene rings is 1. The lowest BCUT2D eigenvalue weighted by molar-refractivity contribution is -0.137. The molecule has 3 aromatic rings. The molecule has 0 spiro atoms. The largest absolute Gasteiger partial charge is 0.416 e. The number of halogens is 4. The van der Waals surface area contributed by atoms with Gasteiger partial charge in [-0.2, -0.15) is 23.1 Å². The maximum Gasteiger partial charge on any atom is 0.416 e. The number of nitriles is 1. The van der Waals surface area contributed by atoms with Crippen LogP contribution in [0.5, 0.6) is 0 Å². The fourth-order valence-corrected chi connectivity index (χ4v) is 3.61. The lowest BCUT2D eigenvalue weighted by Crippen LogP contribution is -2.29. The second-order valence-electron chi connectivity index (χ2n) is 7.82. The van der Waals surface area contributed by atoms with Gasteiger partial charge in [-0.3, -0.25) is 4.79 Å². The van der Waals surface area contributed by atoms with Crippen LogP contribution in [0, 0.1) is 18.3 Å². The van der Waals surface area contributed by atoms with Crippen molar-refractivity contribution in [1.29, 1.82) is 5.26 Å². The number of hydrogen-bond donors (Lipinski definition) is 1. The molecule has 0 bridgehead atoms. The molecule has 1 saturated carbocycles. The Kier molecular flexibility index (Phi) is 5.69. The minimum atomic E-state index is -4.65. The Morgan fingerprint density at radius 3 is 2.52 bits per heavy atom. The maximum atomic E-state index is 13.5. The molecular formula is C21H17BrF3N7O. The zero-order chi connectivity index (χ0) is 24.0. The summed E-state index contributed by atoms with van der Waals surface area (Å²) in [7, 11) is 0. The molecule has 0 aliphatic heterocycles. The summed E-state index contributed by atoms with van der Waals surface area (Å²) >= 11 is 3.25. The zero-order valence-corrected chi connectivity index (χ0v) is 19.1. The van der Waals surface area contributed by atoms with Crippen molar-refractivity contribution in [3.05, 3.63) is 63.4 Å². The summed E-state index contributed by atoms with van der Waals surface area (Å²) in [6.45, 7) is 3.28. The van der Waals surface area contributed by atoms with E-state index in [-0.39, 0.29) is 17.1 Å². The summed E-state index contributed by atoms with van der Waals surface area (Å²) in [6, 6.07) is 4.43. The molecule has 1 amide bonds. The number of carbonyl (C=O) groups is 1. The van der Waals surface area contributed by atoms with Gasteiger partial charge in [-0.25, -0.2) is 15.0 Å². The number of aromatic nitrogens is 5. The molecule has 1 aliphatic carbocycles. The Hall–Kier alpha value is -3.33. The molecule has 1 unspecified atom stereocenters. The molecule has 0 radical (unpaired) electrons.